The normalized spacial score (nSPS) is 11.6. The largest absolute Gasteiger partial charge is 0.457 e. The number of carbonyl (C=O) groups excluding carboxylic acids is 1. The summed E-state index contributed by atoms with van der Waals surface area (Å²) in [6.45, 7) is 4.31. The van der Waals surface area contributed by atoms with Crippen molar-refractivity contribution in [2.75, 3.05) is 11.9 Å². The number of pyridine rings is 2. The number of aryl methyl sites for hydroxylation is 1. The molecule has 0 bridgehead atoms. The molecule has 0 saturated heterocycles. The van der Waals surface area contributed by atoms with Gasteiger partial charge in [-0.1, -0.05) is 18.2 Å². The molecule has 0 spiro atoms. The Morgan fingerprint density at radius 1 is 1.08 bits per heavy atom. The third kappa shape index (κ3) is 4.45. The molecule has 0 aliphatic rings. The summed E-state index contributed by atoms with van der Waals surface area (Å²) in [7, 11) is 0. The summed E-state index contributed by atoms with van der Waals surface area (Å²) in [5, 5.41) is 3.22. The highest BCUT2D eigenvalue weighted by Crippen LogP contribution is 2.22. The topological polar surface area (TPSA) is 64.1 Å². The van der Waals surface area contributed by atoms with E-state index in [9.17, 15) is 4.79 Å². The Kier molecular flexibility index (Phi) is 5.59. The van der Waals surface area contributed by atoms with Crippen LogP contribution in [-0.4, -0.2) is 28.6 Å². The molecule has 3 aromatic rings. The van der Waals surface area contributed by atoms with Crippen LogP contribution in [0.15, 0.2) is 67.0 Å². The average molecular weight is 347 g/mol. The van der Waals surface area contributed by atoms with Gasteiger partial charge in [-0.2, -0.15) is 0 Å². The molecule has 1 unspecified atom stereocenters. The molecule has 3 rings (SSSR count). The average Bonchev–Trinajstić information content (AvgIpc) is 2.68. The van der Waals surface area contributed by atoms with Crippen LogP contribution >= 0.6 is 0 Å². The first-order valence-electron chi connectivity index (χ1n) is 8.51. The molecule has 0 amide bonds. The lowest BCUT2D eigenvalue weighted by Crippen LogP contribution is -2.23. The van der Waals surface area contributed by atoms with E-state index in [1.165, 1.54) is 0 Å². The van der Waals surface area contributed by atoms with E-state index in [4.69, 9.17) is 4.74 Å². The minimum atomic E-state index is -0.322. The van der Waals surface area contributed by atoms with Gasteiger partial charge in [0.05, 0.1) is 12.1 Å². The number of esters is 1. The summed E-state index contributed by atoms with van der Waals surface area (Å²) < 4.78 is 5.45. The molecule has 2 heterocycles. The first-order valence-corrected chi connectivity index (χ1v) is 8.51. The van der Waals surface area contributed by atoms with Gasteiger partial charge < -0.3 is 10.1 Å². The van der Waals surface area contributed by atoms with E-state index in [0.29, 0.717) is 12.1 Å². The molecule has 1 aromatic carbocycles. The third-order valence-electron chi connectivity index (χ3n) is 3.97. The molecular weight excluding hydrogens is 326 g/mol. The quantitative estimate of drug-likeness (QED) is 0.680. The van der Waals surface area contributed by atoms with Gasteiger partial charge in [0.2, 0.25) is 0 Å². The van der Waals surface area contributed by atoms with E-state index in [-0.39, 0.29) is 12.1 Å². The number of rotatable bonds is 6. The summed E-state index contributed by atoms with van der Waals surface area (Å²) in [6, 6.07) is 16.9. The molecule has 0 aliphatic carbocycles. The lowest BCUT2D eigenvalue weighted by atomic mass is 10.1. The van der Waals surface area contributed by atoms with Gasteiger partial charge in [-0.25, -0.2) is 9.78 Å². The predicted molar refractivity (Wildman–Crippen MR) is 102 cm³/mol. The molecule has 26 heavy (non-hydrogen) atoms. The van der Waals surface area contributed by atoms with Crippen LogP contribution in [0.2, 0.25) is 0 Å². The molecular formula is C21H21N3O2. The van der Waals surface area contributed by atoms with Gasteiger partial charge in [0, 0.05) is 23.7 Å². The zero-order valence-corrected chi connectivity index (χ0v) is 14.8. The molecule has 132 valence electrons. The number of nitrogens with zero attached hydrogens (tertiary/aromatic N) is 2. The Labute approximate surface area is 153 Å². The van der Waals surface area contributed by atoms with Gasteiger partial charge in [0.1, 0.15) is 11.9 Å². The fourth-order valence-electron chi connectivity index (χ4n) is 2.61. The molecule has 0 fully saturated rings. The first-order chi connectivity index (χ1) is 12.6. The minimum Gasteiger partial charge on any atom is -0.457 e. The lowest BCUT2D eigenvalue weighted by molar-refractivity contribution is 0.0366. The number of carbonyl (C=O) groups is 1. The van der Waals surface area contributed by atoms with E-state index >= 15 is 0 Å². The Morgan fingerprint density at radius 3 is 2.50 bits per heavy atom. The van der Waals surface area contributed by atoms with Crippen LogP contribution in [0.5, 0.6) is 0 Å². The maximum Gasteiger partial charge on any atom is 0.338 e. The number of hydrogen-bond donors (Lipinski definition) is 1. The van der Waals surface area contributed by atoms with Crippen molar-refractivity contribution in [3.63, 3.8) is 0 Å². The van der Waals surface area contributed by atoms with Gasteiger partial charge in [0.25, 0.3) is 0 Å². The number of ether oxygens (including phenoxy) is 1. The fourth-order valence-corrected chi connectivity index (χ4v) is 2.61. The van der Waals surface area contributed by atoms with Crippen LogP contribution in [0.4, 0.5) is 5.82 Å². The summed E-state index contributed by atoms with van der Waals surface area (Å²) in [4.78, 5) is 20.7. The third-order valence-corrected chi connectivity index (χ3v) is 3.97. The van der Waals surface area contributed by atoms with Crippen molar-refractivity contribution < 1.29 is 9.53 Å². The van der Waals surface area contributed by atoms with Crippen LogP contribution < -0.4 is 5.32 Å². The molecule has 5 nitrogen and oxygen atoms in total. The first kappa shape index (κ1) is 17.6. The van der Waals surface area contributed by atoms with Crippen LogP contribution in [0, 0.1) is 6.92 Å². The molecule has 1 atom stereocenters. The van der Waals surface area contributed by atoms with Gasteiger partial charge >= 0.3 is 5.97 Å². The maximum atomic E-state index is 12.1. The van der Waals surface area contributed by atoms with E-state index in [1.54, 1.807) is 24.5 Å². The van der Waals surface area contributed by atoms with Crippen LogP contribution in [0.1, 0.15) is 23.0 Å². The summed E-state index contributed by atoms with van der Waals surface area (Å²) >= 11 is 0. The van der Waals surface area contributed by atoms with Crippen LogP contribution in [-0.2, 0) is 4.74 Å². The van der Waals surface area contributed by atoms with Gasteiger partial charge in [-0.05, 0) is 55.8 Å². The fraction of sp³-hybridized carbons (Fsp3) is 0.190. The van der Waals surface area contributed by atoms with Crippen molar-refractivity contribution in [2.24, 2.45) is 0 Å². The van der Waals surface area contributed by atoms with E-state index < -0.39 is 0 Å². The summed E-state index contributed by atoms with van der Waals surface area (Å²) in [5.74, 6) is 0.431. The summed E-state index contributed by atoms with van der Waals surface area (Å²) in [6.07, 6.45) is 3.26. The SMILES string of the molecule is Cc1nc(NCC(C)OC(=O)c2ccccc2)ccc1-c1ccncc1. The predicted octanol–water partition coefficient (Wildman–Crippen LogP) is 4.11. The Bertz CT molecular complexity index is 867. The van der Waals surface area contributed by atoms with Crippen molar-refractivity contribution in [2.45, 2.75) is 20.0 Å². The molecule has 2 aromatic heterocycles. The van der Waals surface area contributed by atoms with E-state index in [0.717, 1.165) is 22.6 Å². The van der Waals surface area contributed by atoms with E-state index in [2.05, 4.69) is 15.3 Å². The van der Waals surface area contributed by atoms with Gasteiger partial charge in [-0.15, -0.1) is 0 Å². The number of aromatic nitrogens is 2. The Morgan fingerprint density at radius 2 is 1.81 bits per heavy atom. The van der Waals surface area contributed by atoms with Crippen molar-refractivity contribution in [3.05, 3.63) is 78.2 Å². The van der Waals surface area contributed by atoms with Gasteiger partial charge in [-0.3, -0.25) is 4.98 Å². The zero-order valence-electron chi connectivity index (χ0n) is 14.8. The standard InChI is InChI=1S/C21H21N3O2/c1-15(26-21(25)18-6-4-3-5-7-18)14-23-20-9-8-19(16(2)24-20)17-10-12-22-13-11-17/h3-13,15H,14H2,1-2H3,(H,23,24). The minimum absolute atomic E-state index is 0.273. The second-order valence-corrected chi connectivity index (χ2v) is 6.03. The van der Waals surface area contributed by atoms with E-state index in [1.807, 2.05) is 56.3 Å². The van der Waals surface area contributed by atoms with Crippen LogP contribution in [0.3, 0.4) is 0 Å². The highest BCUT2D eigenvalue weighted by Gasteiger charge is 2.12. The smallest absolute Gasteiger partial charge is 0.338 e. The monoisotopic (exact) mass is 347 g/mol. The second kappa shape index (κ2) is 8.25. The Hall–Kier alpha value is -3.21. The molecule has 0 radical (unpaired) electrons. The molecule has 1 N–H and O–H groups in total. The molecule has 5 heteroatoms. The highest BCUT2D eigenvalue weighted by molar-refractivity contribution is 5.89. The Balaban J connectivity index is 1.58. The van der Waals surface area contributed by atoms with Crippen molar-refractivity contribution in [3.8, 4) is 11.1 Å². The zero-order chi connectivity index (χ0) is 18.4. The molecule has 0 aliphatic heterocycles. The van der Waals surface area contributed by atoms with Crippen LogP contribution in [0.25, 0.3) is 11.1 Å². The van der Waals surface area contributed by atoms with Crippen molar-refractivity contribution in [1.29, 1.82) is 0 Å². The second-order valence-electron chi connectivity index (χ2n) is 6.03. The van der Waals surface area contributed by atoms with Gasteiger partial charge in [0.15, 0.2) is 0 Å². The number of nitrogens with one attached hydrogen (secondary N) is 1. The lowest BCUT2D eigenvalue weighted by Gasteiger charge is -2.15. The number of anilines is 1. The number of hydrogen-bond acceptors (Lipinski definition) is 5. The highest BCUT2D eigenvalue weighted by atomic mass is 16.5. The molecule has 0 saturated carbocycles. The van der Waals surface area contributed by atoms with Crippen molar-refractivity contribution >= 4 is 11.8 Å². The van der Waals surface area contributed by atoms with Crippen molar-refractivity contribution in [1.82, 2.24) is 9.97 Å². The summed E-state index contributed by atoms with van der Waals surface area (Å²) in [5.41, 5.74) is 3.63. The number of benzene rings is 1. The maximum absolute atomic E-state index is 12.1.